The van der Waals surface area contributed by atoms with E-state index in [0.29, 0.717) is 89.9 Å². The first-order valence-corrected chi connectivity index (χ1v) is 22.6. The molecule has 3 aromatic rings. The van der Waals surface area contributed by atoms with Crippen LogP contribution in [0, 0.1) is 0 Å². The zero-order chi connectivity index (χ0) is 42.4. The molecule has 4 aliphatic rings. The topological polar surface area (TPSA) is 142 Å². The van der Waals surface area contributed by atoms with Crippen LogP contribution >= 0.6 is 0 Å². The highest BCUT2D eigenvalue weighted by atomic mass is 16.5. The quantitative estimate of drug-likeness (QED) is 0.105. The number of hydrogen-bond acceptors (Lipinski definition) is 10. The number of carbonyl (C=O) groups excluding carboxylic acids is 3. The summed E-state index contributed by atoms with van der Waals surface area (Å²) in [7, 11) is 0. The van der Waals surface area contributed by atoms with Crippen molar-refractivity contribution in [2.45, 2.75) is 95.7 Å². The van der Waals surface area contributed by atoms with E-state index in [-0.39, 0.29) is 41.7 Å². The zero-order valence-corrected chi connectivity index (χ0v) is 36.0. The third kappa shape index (κ3) is 12.2. The van der Waals surface area contributed by atoms with Gasteiger partial charge in [-0.15, -0.1) is 0 Å². The van der Waals surface area contributed by atoms with Crippen molar-refractivity contribution in [1.29, 1.82) is 0 Å². The van der Waals surface area contributed by atoms with Gasteiger partial charge in [0.1, 0.15) is 17.2 Å². The number of piperidine rings is 1. The number of amides is 3. The second-order valence-electron chi connectivity index (χ2n) is 16.9. The molecule has 1 saturated carbocycles. The average molecular weight is 840 g/mol. The number of para-hydroxylation sites is 1. The molecule has 2 saturated heterocycles. The van der Waals surface area contributed by atoms with E-state index >= 15 is 0 Å². The first-order valence-electron chi connectivity index (χ1n) is 22.6. The molecule has 0 radical (unpaired) electrons. The first kappa shape index (κ1) is 44.4. The van der Waals surface area contributed by atoms with Crippen molar-refractivity contribution >= 4 is 23.4 Å². The SMILES string of the molecule is CCOc1ccccc1CC(=O)N1CCOC2(CCN(Cc3cccc(CCOCCC(=O)N(CCNCCc4ccc(O)c5c4OCC(=O)N5)C4CCCCC4)c3)CC2)C1. The summed E-state index contributed by atoms with van der Waals surface area (Å²) in [6.45, 7) is 9.96. The van der Waals surface area contributed by atoms with Crippen molar-refractivity contribution in [1.82, 2.24) is 20.0 Å². The molecule has 0 bridgehead atoms. The van der Waals surface area contributed by atoms with Crippen LogP contribution in [0.5, 0.6) is 17.2 Å². The van der Waals surface area contributed by atoms with E-state index in [1.165, 1.54) is 17.5 Å². The van der Waals surface area contributed by atoms with Gasteiger partial charge in [0.15, 0.2) is 12.4 Å². The van der Waals surface area contributed by atoms with Gasteiger partial charge in [-0.2, -0.15) is 0 Å². The summed E-state index contributed by atoms with van der Waals surface area (Å²) in [5.74, 6) is 1.30. The minimum Gasteiger partial charge on any atom is -0.506 e. The van der Waals surface area contributed by atoms with Gasteiger partial charge < -0.3 is 44.5 Å². The van der Waals surface area contributed by atoms with E-state index in [1.54, 1.807) is 6.07 Å². The van der Waals surface area contributed by atoms with Crippen LogP contribution in [-0.2, 0) is 49.7 Å². The van der Waals surface area contributed by atoms with Gasteiger partial charge in [-0.05, 0) is 80.8 Å². The summed E-state index contributed by atoms with van der Waals surface area (Å²) in [4.78, 5) is 45.3. The standard InChI is InChI=1S/C48H65N5O8/c1-2-59-42-14-7-6-11-39(42)32-45(57)52-27-30-61-48(35-52)20-24-51(25-21-48)33-37-10-8-9-36(31-37)18-28-58-29-19-44(56)53(40-12-4-3-5-13-40)26-23-49-22-17-38-15-16-41(54)46-47(38)60-34-43(55)50-46/h6-11,14-16,31,40,49,54H,2-5,12-13,17-30,32-35H2,1H3,(H,50,55). The van der Waals surface area contributed by atoms with Crippen LogP contribution in [0.1, 0.15) is 80.5 Å². The van der Waals surface area contributed by atoms with Crippen LogP contribution in [-0.4, -0.2) is 128 Å². The lowest BCUT2D eigenvalue weighted by Crippen LogP contribution is -2.58. The van der Waals surface area contributed by atoms with Gasteiger partial charge in [0.2, 0.25) is 11.8 Å². The summed E-state index contributed by atoms with van der Waals surface area (Å²) in [6.07, 6.45) is 9.57. The molecule has 3 aromatic carbocycles. The van der Waals surface area contributed by atoms with E-state index in [9.17, 15) is 19.5 Å². The molecule has 1 spiro atoms. The number of hydrogen-bond donors (Lipinski definition) is 3. The third-order valence-corrected chi connectivity index (χ3v) is 12.6. The summed E-state index contributed by atoms with van der Waals surface area (Å²) >= 11 is 0. The lowest BCUT2D eigenvalue weighted by atomic mass is 9.89. The molecule has 3 fully saturated rings. The highest BCUT2D eigenvalue weighted by Gasteiger charge is 2.41. The Morgan fingerprint density at radius 1 is 0.951 bits per heavy atom. The molecule has 3 aliphatic heterocycles. The normalized spacial score (nSPS) is 18.0. The van der Waals surface area contributed by atoms with Crippen molar-refractivity contribution in [3.63, 3.8) is 0 Å². The van der Waals surface area contributed by atoms with Crippen LogP contribution in [0.4, 0.5) is 5.69 Å². The van der Waals surface area contributed by atoms with Gasteiger partial charge in [0, 0.05) is 57.4 Å². The van der Waals surface area contributed by atoms with Gasteiger partial charge in [-0.25, -0.2) is 0 Å². The van der Waals surface area contributed by atoms with Gasteiger partial charge >= 0.3 is 0 Å². The Kier molecular flexibility index (Phi) is 15.9. The van der Waals surface area contributed by atoms with E-state index in [4.69, 9.17) is 18.9 Å². The van der Waals surface area contributed by atoms with Crippen LogP contribution in [0.3, 0.4) is 0 Å². The van der Waals surface area contributed by atoms with Gasteiger partial charge in [-0.3, -0.25) is 19.3 Å². The highest BCUT2D eigenvalue weighted by molar-refractivity contribution is 5.97. The Balaban J connectivity index is 0.807. The van der Waals surface area contributed by atoms with Crippen LogP contribution in [0.2, 0.25) is 0 Å². The predicted molar refractivity (Wildman–Crippen MR) is 234 cm³/mol. The van der Waals surface area contributed by atoms with Crippen LogP contribution in [0.15, 0.2) is 60.7 Å². The van der Waals surface area contributed by atoms with Gasteiger partial charge in [-0.1, -0.05) is 67.8 Å². The molecule has 3 heterocycles. The number of phenolic OH excluding ortho intramolecular Hbond substituents is 1. The molecule has 13 nitrogen and oxygen atoms in total. The highest BCUT2D eigenvalue weighted by Crippen LogP contribution is 2.39. The fourth-order valence-electron chi connectivity index (χ4n) is 9.30. The first-order chi connectivity index (χ1) is 29.8. The minimum atomic E-state index is -0.288. The van der Waals surface area contributed by atoms with Crippen LogP contribution < -0.4 is 20.1 Å². The second kappa shape index (κ2) is 21.9. The number of carbonyl (C=O) groups is 3. The number of phenols is 1. The molecule has 7 rings (SSSR count). The predicted octanol–water partition coefficient (Wildman–Crippen LogP) is 5.50. The second-order valence-corrected chi connectivity index (χ2v) is 16.9. The molecule has 1 aliphatic carbocycles. The summed E-state index contributed by atoms with van der Waals surface area (Å²) in [5, 5.41) is 16.3. The van der Waals surface area contributed by atoms with Crippen molar-refractivity contribution in [3.05, 3.63) is 82.9 Å². The number of likely N-dealkylation sites (tertiary alicyclic amines) is 1. The fraction of sp³-hybridized carbons (Fsp3) is 0.562. The lowest BCUT2D eigenvalue weighted by Gasteiger charge is -2.47. The number of ether oxygens (including phenoxy) is 4. The largest absolute Gasteiger partial charge is 0.506 e. The van der Waals surface area contributed by atoms with Crippen molar-refractivity contribution in [2.75, 3.05) is 84.2 Å². The number of benzene rings is 3. The Hall–Kier alpha value is -4.69. The van der Waals surface area contributed by atoms with E-state index in [1.807, 2.05) is 42.2 Å². The summed E-state index contributed by atoms with van der Waals surface area (Å²) < 4.78 is 23.8. The smallest absolute Gasteiger partial charge is 0.262 e. The molecule has 0 unspecified atom stereocenters. The Morgan fingerprint density at radius 2 is 1.77 bits per heavy atom. The Morgan fingerprint density at radius 3 is 2.61 bits per heavy atom. The maximum absolute atomic E-state index is 13.6. The number of anilines is 1. The van der Waals surface area contributed by atoms with Crippen molar-refractivity contribution < 1.29 is 38.4 Å². The number of fused-ring (bicyclic) bond motifs is 1. The lowest BCUT2D eigenvalue weighted by molar-refractivity contribution is -0.159. The number of rotatable bonds is 19. The van der Waals surface area contributed by atoms with E-state index < -0.39 is 0 Å². The maximum atomic E-state index is 13.6. The maximum Gasteiger partial charge on any atom is 0.262 e. The molecular formula is C48H65N5O8. The Labute approximate surface area is 361 Å². The van der Waals surface area contributed by atoms with E-state index in [2.05, 4.69) is 44.7 Å². The number of aromatic hydroxyl groups is 1. The fourth-order valence-corrected chi connectivity index (χ4v) is 9.30. The molecule has 3 amide bonds. The third-order valence-electron chi connectivity index (χ3n) is 12.6. The molecule has 330 valence electrons. The number of nitrogens with one attached hydrogen (secondary N) is 2. The number of nitrogens with zero attached hydrogens (tertiary/aromatic N) is 3. The molecular weight excluding hydrogens is 775 g/mol. The molecule has 0 aromatic heterocycles. The summed E-state index contributed by atoms with van der Waals surface area (Å²) in [5.41, 5.74) is 4.39. The van der Waals surface area contributed by atoms with Crippen LogP contribution in [0.25, 0.3) is 0 Å². The van der Waals surface area contributed by atoms with Gasteiger partial charge in [0.05, 0.1) is 44.9 Å². The molecule has 13 heteroatoms. The van der Waals surface area contributed by atoms with Crippen molar-refractivity contribution in [3.8, 4) is 17.2 Å². The molecule has 61 heavy (non-hydrogen) atoms. The number of morpholine rings is 1. The van der Waals surface area contributed by atoms with Gasteiger partial charge in [0.25, 0.3) is 5.91 Å². The zero-order valence-electron chi connectivity index (χ0n) is 36.0. The van der Waals surface area contributed by atoms with E-state index in [0.717, 1.165) is 81.5 Å². The monoisotopic (exact) mass is 839 g/mol. The molecule has 0 atom stereocenters. The Bertz CT molecular complexity index is 1930. The summed E-state index contributed by atoms with van der Waals surface area (Å²) in [6, 6.07) is 20.2. The molecule has 3 N–H and O–H groups in total. The minimum absolute atomic E-state index is 0.00505. The van der Waals surface area contributed by atoms with Crippen molar-refractivity contribution in [2.24, 2.45) is 0 Å². The average Bonchev–Trinajstić information content (AvgIpc) is 3.27.